The largest absolute Gasteiger partial charge is 0.381 e. The highest BCUT2D eigenvalue weighted by molar-refractivity contribution is 7.93. The Morgan fingerprint density at radius 2 is 1.86 bits per heavy atom. The smallest absolute Gasteiger partial charge is 0.269 e. The number of rotatable bonds is 3. The van der Waals surface area contributed by atoms with Gasteiger partial charge in [0.1, 0.15) is 0 Å². The van der Waals surface area contributed by atoms with Crippen LogP contribution in [-0.2, 0) is 17.1 Å². The van der Waals surface area contributed by atoms with E-state index in [1.807, 2.05) is 26.0 Å². The van der Waals surface area contributed by atoms with Gasteiger partial charge in [0.2, 0.25) is 0 Å². The van der Waals surface area contributed by atoms with Crippen molar-refractivity contribution in [2.75, 3.05) is 17.1 Å². The number of hydrogen-bond donors (Lipinski definition) is 1. The van der Waals surface area contributed by atoms with Crippen LogP contribution in [0.5, 0.6) is 0 Å². The lowest BCUT2D eigenvalue weighted by atomic mass is 10.1. The third kappa shape index (κ3) is 2.49. The van der Waals surface area contributed by atoms with Gasteiger partial charge in [-0.2, -0.15) is 5.10 Å². The number of anilines is 2. The minimum Gasteiger partial charge on any atom is -0.381 e. The van der Waals surface area contributed by atoms with Crippen molar-refractivity contribution in [2.24, 2.45) is 7.05 Å². The second kappa shape index (κ2) is 5.07. The second-order valence-corrected chi connectivity index (χ2v) is 7.09. The lowest BCUT2D eigenvalue weighted by Gasteiger charge is -2.21. The van der Waals surface area contributed by atoms with E-state index < -0.39 is 10.0 Å². The molecule has 21 heavy (non-hydrogen) atoms. The van der Waals surface area contributed by atoms with Crippen LogP contribution in [0.25, 0.3) is 0 Å². The first-order valence-electron chi connectivity index (χ1n) is 6.51. The van der Waals surface area contributed by atoms with Crippen molar-refractivity contribution < 1.29 is 8.42 Å². The fraction of sp³-hybridized carbons (Fsp3) is 0.357. The van der Waals surface area contributed by atoms with Crippen molar-refractivity contribution >= 4 is 21.5 Å². The van der Waals surface area contributed by atoms with E-state index in [4.69, 9.17) is 5.73 Å². The molecular weight excluding hydrogens is 288 g/mol. The lowest BCUT2D eigenvalue weighted by Crippen LogP contribution is -2.28. The van der Waals surface area contributed by atoms with Gasteiger partial charge in [-0.1, -0.05) is 17.7 Å². The van der Waals surface area contributed by atoms with Gasteiger partial charge in [0.15, 0.2) is 10.7 Å². The molecule has 6 nitrogen and oxygen atoms in total. The quantitative estimate of drug-likeness (QED) is 0.936. The van der Waals surface area contributed by atoms with E-state index in [0.717, 1.165) is 11.1 Å². The molecule has 0 saturated heterocycles. The van der Waals surface area contributed by atoms with Gasteiger partial charge < -0.3 is 5.73 Å². The monoisotopic (exact) mass is 308 g/mol. The molecule has 0 aliphatic carbocycles. The summed E-state index contributed by atoms with van der Waals surface area (Å²) in [6, 6.07) is 5.62. The number of aromatic nitrogens is 2. The molecule has 0 bridgehead atoms. The molecule has 0 amide bonds. The molecular formula is C14H20N4O2S. The van der Waals surface area contributed by atoms with Gasteiger partial charge in [0.05, 0.1) is 11.4 Å². The topological polar surface area (TPSA) is 81.2 Å². The van der Waals surface area contributed by atoms with Gasteiger partial charge in [-0.25, -0.2) is 8.42 Å². The average Bonchev–Trinajstić information content (AvgIpc) is 2.62. The Labute approximate surface area is 125 Å². The summed E-state index contributed by atoms with van der Waals surface area (Å²) in [5.41, 5.74) is 8.89. The fourth-order valence-electron chi connectivity index (χ4n) is 2.36. The second-order valence-electron chi connectivity index (χ2n) is 5.19. The predicted molar refractivity (Wildman–Crippen MR) is 83.9 cm³/mol. The van der Waals surface area contributed by atoms with Crippen molar-refractivity contribution in [1.29, 1.82) is 0 Å². The van der Waals surface area contributed by atoms with Crippen LogP contribution in [0.2, 0.25) is 0 Å². The van der Waals surface area contributed by atoms with Crippen LogP contribution in [0.3, 0.4) is 0 Å². The van der Waals surface area contributed by atoms with E-state index >= 15 is 0 Å². The first-order valence-corrected chi connectivity index (χ1v) is 7.95. The van der Waals surface area contributed by atoms with E-state index in [2.05, 4.69) is 5.10 Å². The van der Waals surface area contributed by atoms with Crippen molar-refractivity contribution in [3.05, 3.63) is 35.0 Å². The predicted octanol–water partition coefficient (Wildman–Crippen LogP) is 1.75. The summed E-state index contributed by atoms with van der Waals surface area (Å²) in [4.78, 5) is 0.0625. The summed E-state index contributed by atoms with van der Waals surface area (Å²) in [6.45, 7) is 5.54. The zero-order valence-electron chi connectivity index (χ0n) is 12.9. The number of sulfonamides is 1. The molecule has 1 aromatic carbocycles. The summed E-state index contributed by atoms with van der Waals surface area (Å²) < 4.78 is 28.4. The van der Waals surface area contributed by atoms with Crippen LogP contribution in [0, 0.1) is 20.8 Å². The molecule has 114 valence electrons. The van der Waals surface area contributed by atoms with Crippen molar-refractivity contribution in [3.8, 4) is 0 Å². The van der Waals surface area contributed by atoms with E-state index in [1.54, 1.807) is 20.0 Å². The van der Waals surface area contributed by atoms with E-state index in [9.17, 15) is 8.42 Å². The Morgan fingerprint density at radius 3 is 2.33 bits per heavy atom. The van der Waals surface area contributed by atoms with Gasteiger partial charge in [-0.05, 0) is 32.4 Å². The SMILES string of the molecule is Cc1ccc(N(C)S(=O)(=O)c2c(N)nn(C)c2C)c(C)c1. The molecule has 0 unspecified atom stereocenters. The van der Waals surface area contributed by atoms with Gasteiger partial charge in [0.25, 0.3) is 10.0 Å². The molecule has 0 aliphatic heterocycles. The normalized spacial score (nSPS) is 11.7. The summed E-state index contributed by atoms with van der Waals surface area (Å²) >= 11 is 0. The van der Waals surface area contributed by atoms with Crippen LogP contribution in [0.4, 0.5) is 11.5 Å². The molecule has 1 aromatic heterocycles. The molecule has 0 radical (unpaired) electrons. The Hall–Kier alpha value is -2.02. The lowest BCUT2D eigenvalue weighted by molar-refractivity contribution is 0.593. The highest BCUT2D eigenvalue weighted by atomic mass is 32.2. The first-order chi connectivity index (χ1) is 9.66. The minimum absolute atomic E-state index is 0.0200. The molecule has 0 aliphatic rings. The van der Waals surface area contributed by atoms with Crippen LogP contribution < -0.4 is 10.0 Å². The van der Waals surface area contributed by atoms with Crippen molar-refractivity contribution in [1.82, 2.24) is 9.78 Å². The molecule has 0 fully saturated rings. The molecule has 1 heterocycles. The number of hydrogen-bond acceptors (Lipinski definition) is 4. The van der Waals surface area contributed by atoms with Crippen molar-refractivity contribution in [2.45, 2.75) is 25.7 Å². The van der Waals surface area contributed by atoms with Crippen LogP contribution >= 0.6 is 0 Å². The maximum absolute atomic E-state index is 12.8. The number of nitrogens with zero attached hydrogens (tertiary/aromatic N) is 3. The Balaban J connectivity index is 2.58. The van der Waals surface area contributed by atoms with Gasteiger partial charge in [-0.15, -0.1) is 0 Å². The summed E-state index contributed by atoms with van der Waals surface area (Å²) in [5, 5.41) is 3.98. The summed E-state index contributed by atoms with van der Waals surface area (Å²) in [6.07, 6.45) is 0. The Kier molecular flexibility index (Phi) is 3.71. The highest BCUT2D eigenvalue weighted by Crippen LogP contribution is 2.30. The van der Waals surface area contributed by atoms with E-state index in [0.29, 0.717) is 11.4 Å². The summed E-state index contributed by atoms with van der Waals surface area (Å²) in [7, 11) is -0.548. The number of benzene rings is 1. The molecule has 0 saturated carbocycles. The van der Waals surface area contributed by atoms with Crippen LogP contribution in [-0.4, -0.2) is 25.2 Å². The van der Waals surface area contributed by atoms with Gasteiger partial charge >= 0.3 is 0 Å². The molecule has 0 spiro atoms. The van der Waals surface area contributed by atoms with Gasteiger partial charge in [-0.3, -0.25) is 8.99 Å². The van der Waals surface area contributed by atoms with Crippen LogP contribution in [0.15, 0.2) is 23.1 Å². The molecule has 2 N–H and O–H groups in total. The molecule has 7 heteroatoms. The van der Waals surface area contributed by atoms with E-state index in [1.165, 1.54) is 16.0 Å². The number of nitrogen functional groups attached to an aromatic ring is 1. The Bertz CT molecular complexity index is 794. The molecule has 0 atom stereocenters. The van der Waals surface area contributed by atoms with Crippen molar-refractivity contribution in [3.63, 3.8) is 0 Å². The summed E-state index contributed by atoms with van der Waals surface area (Å²) in [5.74, 6) is 0.0200. The van der Waals surface area contributed by atoms with Gasteiger partial charge in [0, 0.05) is 14.1 Å². The first kappa shape index (κ1) is 15.4. The Morgan fingerprint density at radius 1 is 1.24 bits per heavy atom. The fourth-order valence-corrected chi connectivity index (χ4v) is 3.91. The third-order valence-electron chi connectivity index (χ3n) is 3.61. The average molecular weight is 308 g/mol. The highest BCUT2D eigenvalue weighted by Gasteiger charge is 2.29. The molecule has 2 aromatic rings. The minimum atomic E-state index is -3.74. The maximum Gasteiger partial charge on any atom is 0.269 e. The van der Waals surface area contributed by atoms with Crippen LogP contribution in [0.1, 0.15) is 16.8 Å². The zero-order valence-corrected chi connectivity index (χ0v) is 13.7. The maximum atomic E-state index is 12.8. The number of nitrogens with two attached hydrogens (primary N) is 1. The number of aryl methyl sites for hydroxylation is 3. The standard InChI is InChI=1S/C14H20N4O2S/c1-9-6-7-12(10(2)8-9)18(5)21(19,20)13-11(3)17(4)16-14(13)15/h6-8H,1-5H3,(H2,15,16). The zero-order chi connectivity index (χ0) is 15.9. The molecule has 2 rings (SSSR count). The van der Waals surface area contributed by atoms with E-state index in [-0.39, 0.29) is 10.7 Å². The third-order valence-corrected chi connectivity index (χ3v) is 5.55.